The Morgan fingerprint density at radius 2 is 0.810 bits per heavy atom. The number of benzene rings is 10. The summed E-state index contributed by atoms with van der Waals surface area (Å²) in [6, 6.07) is 78.3. The molecule has 11 rings (SSSR count). The Morgan fingerprint density at radius 1 is 0.293 bits per heavy atom. The Morgan fingerprint density at radius 3 is 1.52 bits per heavy atom. The van der Waals surface area contributed by atoms with Gasteiger partial charge in [0.1, 0.15) is 0 Å². The van der Waals surface area contributed by atoms with Crippen molar-refractivity contribution >= 4 is 49.4 Å². The predicted octanol–water partition coefficient (Wildman–Crippen LogP) is 15.9. The minimum absolute atomic E-state index is 0.163. The Bertz CT molecular complexity index is 3170. The van der Waals surface area contributed by atoms with Crippen LogP contribution in [0.4, 0.5) is 17.1 Å². The maximum absolute atomic E-state index is 2.46. The molecule has 10 aromatic rings. The predicted molar refractivity (Wildman–Crippen MR) is 248 cm³/mol. The molecule has 10 aromatic carbocycles. The SMILES string of the molecule is CC1(C)c2cc(N(c3ccc(-c4ccc(-c5ccccc5)cc4)cc3)c3cc(-c4cccc5ccccc45)c4ccccc4c3)ccc2-c2cc3ccccc3cc21. The van der Waals surface area contributed by atoms with Crippen molar-refractivity contribution in [3.8, 4) is 44.5 Å². The van der Waals surface area contributed by atoms with Crippen molar-refractivity contribution in [1.82, 2.24) is 0 Å². The Kier molecular flexibility index (Phi) is 7.91. The van der Waals surface area contributed by atoms with E-state index in [9.17, 15) is 0 Å². The maximum atomic E-state index is 2.46. The van der Waals surface area contributed by atoms with Gasteiger partial charge in [0.15, 0.2) is 0 Å². The third kappa shape index (κ3) is 5.62. The highest BCUT2D eigenvalue weighted by atomic mass is 15.1. The molecule has 0 aromatic heterocycles. The van der Waals surface area contributed by atoms with Crippen molar-refractivity contribution in [3.63, 3.8) is 0 Å². The van der Waals surface area contributed by atoms with Crippen LogP contribution < -0.4 is 4.90 Å². The number of hydrogen-bond donors (Lipinski definition) is 0. The van der Waals surface area contributed by atoms with E-state index in [0.717, 1.165) is 17.1 Å². The average Bonchev–Trinajstić information content (AvgIpc) is 3.50. The summed E-state index contributed by atoms with van der Waals surface area (Å²) in [6.45, 7) is 4.76. The molecule has 0 bridgehead atoms. The van der Waals surface area contributed by atoms with E-state index >= 15 is 0 Å². The Hall–Kier alpha value is -7.22. The number of nitrogens with zero attached hydrogens (tertiary/aromatic N) is 1. The first-order chi connectivity index (χ1) is 28.5. The Balaban J connectivity index is 1.08. The molecule has 0 saturated heterocycles. The fourth-order valence-corrected chi connectivity index (χ4v) is 9.39. The second-order valence-corrected chi connectivity index (χ2v) is 16.2. The second kappa shape index (κ2) is 13.5. The van der Waals surface area contributed by atoms with Gasteiger partial charge in [-0.1, -0.05) is 178 Å². The summed E-state index contributed by atoms with van der Waals surface area (Å²) < 4.78 is 0. The normalized spacial score (nSPS) is 12.8. The second-order valence-electron chi connectivity index (χ2n) is 16.2. The number of fused-ring (bicyclic) bond motifs is 6. The molecule has 0 unspecified atom stereocenters. The quantitative estimate of drug-likeness (QED) is 0.164. The van der Waals surface area contributed by atoms with Crippen LogP contribution in [0.25, 0.3) is 76.8 Å². The van der Waals surface area contributed by atoms with Gasteiger partial charge in [-0.25, -0.2) is 0 Å². The van der Waals surface area contributed by atoms with Crippen LogP contribution in [0.2, 0.25) is 0 Å². The molecule has 1 heteroatoms. The molecule has 0 spiro atoms. The zero-order valence-corrected chi connectivity index (χ0v) is 32.7. The lowest BCUT2D eigenvalue weighted by molar-refractivity contribution is 0.661. The minimum Gasteiger partial charge on any atom is -0.310 e. The lowest BCUT2D eigenvalue weighted by Gasteiger charge is -2.29. The molecule has 0 atom stereocenters. The minimum atomic E-state index is -0.163. The summed E-state index contributed by atoms with van der Waals surface area (Å²) in [7, 11) is 0. The molecule has 1 aliphatic carbocycles. The van der Waals surface area contributed by atoms with Crippen molar-refractivity contribution in [1.29, 1.82) is 0 Å². The summed E-state index contributed by atoms with van der Waals surface area (Å²) in [4.78, 5) is 2.46. The van der Waals surface area contributed by atoms with Gasteiger partial charge >= 0.3 is 0 Å². The molecule has 1 nitrogen and oxygen atoms in total. The van der Waals surface area contributed by atoms with Crippen LogP contribution in [-0.4, -0.2) is 0 Å². The summed E-state index contributed by atoms with van der Waals surface area (Å²) in [5.74, 6) is 0. The van der Waals surface area contributed by atoms with Crippen molar-refractivity contribution in [2.75, 3.05) is 4.90 Å². The molecule has 0 saturated carbocycles. The molecular formula is C57H41N. The van der Waals surface area contributed by atoms with E-state index in [2.05, 4.69) is 231 Å². The summed E-state index contributed by atoms with van der Waals surface area (Å²) >= 11 is 0. The molecule has 0 amide bonds. The summed E-state index contributed by atoms with van der Waals surface area (Å²) in [6.07, 6.45) is 0. The molecule has 1 aliphatic rings. The van der Waals surface area contributed by atoms with E-state index in [1.54, 1.807) is 0 Å². The summed E-state index contributed by atoms with van der Waals surface area (Å²) in [5.41, 5.74) is 15.9. The molecule has 0 fully saturated rings. The van der Waals surface area contributed by atoms with Crippen LogP contribution in [0.15, 0.2) is 212 Å². The summed E-state index contributed by atoms with van der Waals surface area (Å²) in [5, 5.41) is 7.52. The van der Waals surface area contributed by atoms with Gasteiger partial charge in [0.25, 0.3) is 0 Å². The van der Waals surface area contributed by atoms with Crippen LogP contribution in [-0.2, 0) is 5.41 Å². The van der Waals surface area contributed by atoms with Crippen molar-refractivity contribution < 1.29 is 0 Å². The van der Waals surface area contributed by atoms with Crippen molar-refractivity contribution in [2.45, 2.75) is 19.3 Å². The van der Waals surface area contributed by atoms with E-state index in [0.29, 0.717) is 0 Å². The average molecular weight is 740 g/mol. The van der Waals surface area contributed by atoms with E-state index in [1.165, 1.54) is 88.0 Å². The highest BCUT2D eigenvalue weighted by Crippen LogP contribution is 2.52. The molecule has 0 radical (unpaired) electrons. The number of rotatable bonds is 6. The third-order valence-electron chi connectivity index (χ3n) is 12.4. The maximum Gasteiger partial charge on any atom is 0.0474 e. The van der Waals surface area contributed by atoms with Crippen LogP contribution in [0.3, 0.4) is 0 Å². The van der Waals surface area contributed by atoms with Crippen molar-refractivity contribution in [2.24, 2.45) is 0 Å². The first-order valence-electron chi connectivity index (χ1n) is 20.2. The standard InChI is InChI=1S/C57H41N/c1-57(2)55-35-44-17-7-6-16-43(44)34-54(55)52-32-31-47(37-56(52)57)58(46-29-27-41(28-30-46)40-25-23-39(24-26-40)38-13-4-3-5-14-38)48-33-45-18-9-11-21-50(45)53(36-48)51-22-12-19-42-15-8-10-20-49(42)51/h3-37H,1-2H3. The van der Waals surface area contributed by atoms with E-state index < -0.39 is 0 Å². The highest BCUT2D eigenvalue weighted by molar-refractivity contribution is 6.07. The lowest BCUT2D eigenvalue weighted by atomic mass is 9.81. The topological polar surface area (TPSA) is 3.24 Å². The molecule has 0 N–H and O–H groups in total. The van der Waals surface area contributed by atoms with Crippen molar-refractivity contribution in [3.05, 3.63) is 223 Å². The van der Waals surface area contributed by atoms with Crippen LogP contribution >= 0.6 is 0 Å². The van der Waals surface area contributed by atoms with Crippen LogP contribution in [0, 0.1) is 0 Å². The van der Waals surface area contributed by atoms with Gasteiger partial charge in [0, 0.05) is 22.5 Å². The van der Waals surface area contributed by atoms with Gasteiger partial charge in [-0.3, -0.25) is 0 Å². The van der Waals surface area contributed by atoms with E-state index in [-0.39, 0.29) is 5.41 Å². The molecule has 58 heavy (non-hydrogen) atoms. The molecule has 0 heterocycles. The van der Waals surface area contributed by atoms with Gasteiger partial charge in [0.2, 0.25) is 0 Å². The lowest BCUT2D eigenvalue weighted by Crippen LogP contribution is -2.16. The van der Waals surface area contributed by atoms with Gasteiger partial charge in [-0.15, -0.1) is 0 Å². The largest absolute Gasteiger partial charge is 0.310 e. The van der Waals surface area contributed by atoms with Crippen LogP contribution in [0.5, 0.6) is 0 Å². The molecule has 0 aliphatic heterocycles. The first kappa shape index (κ1) is 34.1. The van der Waals surface area contributed by atoms with Gasteiger partial charge < -0.3 is 4.90 Å². The van der Waals surface area contributed by atoms with Gasteiger partial charge in [0.05, 0.1) is 0 Å². The molecular weight excluding hydrogens is 699 g/mol. The fourth-order valence-electron chi connectivity index (χ4n) is 9.39. The zero-order chi connectivity index (χ0) is 38.8. The Labute approximate surface area is 340 Å². The number of hydrogen-bond acceptors (Lipinski definition) is 1. The highest BCUT2D eigenvalue weighted by Gasteiger charge is 2.36. The third-order valence-corrected chi connectivity index (χ3v) is 12.4. The first-order valence-corrected chi connectivity index (χ1v) is 20.2. The number of anilines is 3. The fraction of sp³-hybridized carbons (Fsp3) is 0.0526. The van der Waals surface area contributed by atoms with Crippen LogP contribution in [0.1, 0.15) is 25.0 Å². The van der Waals surface area contributed by atoms with Gasteiger partial charge in [-0.2, -0.15) is 0 Å². The zero-order valence-electron chi connectivity index (χ0n) is 32.7. The van der Waals surface area contributed by atoms with E-state index in [4.69, 9.17) is 0 Å². The molecule has 274 valence electrons. The van der Waals surface area contributed by atoms with Gasteiger partial charge in [-0.05, 0) is 136 Å². The van der Waals surface area contributed by atoms with E-state index in [1.807, 2.05) is 0 Å². The smallest absolute Gasteiger partial charge is 0.0474 e. The monoisotopic (exact) mass is 739 g/mol.